The van der Waals surface area contributed by atoms with Crippen LogP contribution in [0.1, 0.15) is 24.0 Å². The number of nitrogens with zero attached hydrogens (tertiary/aromatic N) is 2. The zero-order valence-electron chi connectivity index (χ0n) is 15.0. The smallest absolute Gasteiger partial charge is 0.246 e. The standard InChI is InChI=1S/C23H21FN2O/c24-21-13-18(15-25-16-21)8-10-23(27)26-11-3-6-22(26)14-17-7-9-19-4-1-2-5-20(19)12-17/h1-2,4-5,7-10,12-13,15-16,22H,3,6,11,14H2/b10-8+. The van der Waals surface area contributed by atoms with E-state index in [9.17, 15) is 9.18 Å². The summed E-state index contributed by atoms with van der Waals surface area (Å²) in [4.78, 5) is 18.4. The molecule has 1 fully saturated rings. The van der Waals surface area contributed by atoms with Crippen LogP contribution in [-0.2, 0) is 11.2 Å². The van der Waals surface area contributed by atoms with Crippen LogP contribution in [0.25, 0.3) is 16.8 Å². The molecule has 1 amide bonds. The maximum atomic E-state index is 13.2. The lowest BCUT2D eigenvalue weighted by atomic mass is 10.0. The number of amides is 1. The molecule has 1 saturated heterocycles. The van der Waals surface area contributed by atoms with Crippen molar-refractivity contribution in [2.24, 2.45) is 0 Å². The molecule has 27 heavy (non-hydrogen) atoms. The monoisotopic (exact) mass is 360 g/mol. The summed E-state index contributed by atoms with van der Waals surface area (Å²) in [5, 5.41) is 2.46. The average Bonchev–Trinajstić information content (AvgIpc) is 3.14. The van der Waals surface area contributed by atoms with E-state index in [-0.39, 0.29) is 11.9 Å². The van der Waals surface area contributed by atoms with Crippen LogP contribution >= 0.6 is 0 Å². The summed E-state index contributed by atoms with van der Waals surface area (Å²) < 4.78 is 13.2. The first-order valence-corrected chi connectivity index (χ1v) is 9.26. The highest BCUT2D eigenvalue weighted by atomic mass is 19.1. The Morgan fingerprint density at radius 3 is 2.85 bits per heavy atom. The van der Waals surface area contributed by atoms with Crippen LogP contribution in [0, 0.1) is 5.82 Å². The van der Waals surface area contributed by atoms with Gasteiger partial charge >= 0.3 is 0 Å². The van der Waals surface area contributed by atoms with Gasteiger partial charge in [0.1, 0.15) is 5.82 Å². The molecule has 1 aliphatic rings. The number of hydrogen-bond acceptors (Lipinski definition) is 2. The molecule has 4 heteroatoms. The first-order chi connectivity index (χ1) is 13.2. The van der Waals surface area contributed by atoms with E-state index in [2.05, 4.69) is 35.3 Å². The number of pyridine rings is 1. The predicted octanol–water partition coefficient (Wildman–Crippen LogP) is 4.62. The van der Waals surface area contributed by atoms with Gasteiger partial charge in [-0.05, 0) is 53.3 Å². The Bertz CT molecular complexity index is 998. The van der Waals surface area contributed by atoms with Crippen LogP contribution in [0.4, 0.5) is 4.39 Å². The number of rotatable bonds is 4. The zero-order valence-corrected chi connectivity index (χ0v) is 15.0. The van der Waals surface area contributed by atoms with Crippen molar-refractivity contribution in [3.8, 4) is 0 Å². The Morgan fingerprint density at radius 2 is 2.00 bits per heavy atom. The SMILES string of the molecule is O=C(/C=C/c1cncc(F)c1)N1CCCC1Cc1ccc2ccccc2c1. The van der Waals surface area contributed by atoms with Crippen LogP contribution in [-0.4, -0.2) is 28.4 Å². The Hall–Kier alpha value is -3.01. The Labute approximate surface area is 158 Å². The third-order valence-corrected chi connectivity index (χ3v) is 5.09. The molecule has 0 N–H and O–H groups in total. The fourth-order valence-corrected chi connectivity index (χ4v) is 3.76. The maximum absolute atomic E-state index is 13.2. The van der Waals surface area contributed by atoms with Gasteiger partial charge in [-0.15, -0.1) is 0 Å². The number of likely N-dealkylation sites (tertiary alicyclic amines) is 1. The molecule has 1 aliphatic heterocycles. The van der Waals surface area contributed by atoms with Crippen molar-refractivity contribution in [3.05, 3.63) is 83.9 Å². The second kappa shape index (κ2) is 7.70. The van der Waals surface area contributed by atoms with E-state index in [1.807, 2.05) is 17.0 Å². The van der Waals surface area contributed by atoms with E-state index in [0.717, 1.165) is 32.0 Å². The Balaban J connectivity index is 1.47. The van der Waals surface area contributed by atoms with Crippen LogP contribution < -0.4 is 0 Å². The highest BCUT2D eigenvalue weighted by Crippen LogP contribution is 2.24. The van der Waals surface area contributed by atoms with Crippen molar-refractivity contribution >= 4 is 22.8 Å². The third-order valence-electron chi connectivity index (χ3n) is 5.09. The summed E-state index contributed by atoms with van der Waals surface area (Å²) in [5.41, 5.74) is 1.84. The van der Waals surface area contributed by atoms with Crippen molar-refractivity contribution in [3.63, 3.8) is 0 Å². The second-order valence-corrected chi connectivity index (χ2v) is 6.98. The van der Waals surface area contributed by atoms with E-state index in [1.165, 1.54) is 28.5 Å². The predicted molar refractivity (Wildman–Crippen MR) is 106 cm³/mol. The second-order valence-electron chi connectivity index (χ2n) is 6.98. The van der Waals surface area contributed by atoms with Crippen molar-refractivity contribution in [2.45, 2.75) is 25.3 Å². The van der Waals surface area contributed by atoms with E-state index in [1.54, 1.807) is 12.3 Å². The van der Waals surface area contributed by atoms with Crippen molar-refractivity contribution in [2.75, 3.05) is 6.54 Å². The van der Waals surface area contributed by atoms with Gasteiger partial charge in [0.05, 0.1) is 6.20 Å². The van der Waals surface area contributed by atoms with Gasteiger partial charge in [-0.3, -0.25) is 9.78 Å². The molecule has 136 valence electrons. The van der Waals surface area contributed by atoms with Gasteiger partial charge < -0.3 is 4.90 Å². The summed E-state index contributed by atoms with van der Waals surface area (Å²) in [6.45, 7) is 0.767. The summed E-state index contributed by atoms with van der Waals surface area (Å²) in [7, 11) is 0. The summed E-state index contributed by atoms with van der Waals surface area (Å²) in [5.74, 6) is -0.428. The minimum atomic E-state index is -0.403. The largest absolute Gasteiger partial charge is 0.336 e. The molecule has 1 aromatic heterocycles. The van der Waals surface area contributed by atoms with Gasteiger partial charge in [-0.25, -0.2) is 4.39 Å². The quantitative estimate of drug-likeness (QED) is 0.636. The number of benzene rings is 2. The Morgan fingerprint density at radius 1 is 1.15 bits per heavy atom. The Kier molecular flexibility index (Phi) is 4.97. The van der Waals surface area contributed by atoms with Gasteiger partial charge in [0.2, 0.25) is 5.91 Å². The zero-order chi connectivity index (χ0) is 18.6. The maximum Gasteiger partial charge on any atom is 0.246 e. The molecule has 0 bridgehead atoms. The number of carbonyl (C=O) groups excluding carboxylic acids is 1. The molecule has 1 atom stereocenters. The lowest BCUT2D eigenvalue weighted by Crippen LogP contribution is -2.35. The van der Waals surface area contributed by atoms with Gasteiger partial charge in [0.15, 0.2) is 0 Å². The summed E-state index contributed by atoms with van der Waals surface area (Å²) in [6.07, 6.45) is 8.72. The normalized spacial score (nSPS) is 17.1. The van der Waals surface area contributed by atoms with Gasteiger partial charge in [-0.1, -0.05) is 42.5 Å². The van der Waals surface area contributed by atoms with Crippen molar-refractivity contribution < 1.29 is 9.18 Å². The topological polar surface area (TPSA) is 33.2 Å². The van der Waals surface area contributed by atoms with Crippen LogP contribution in [0.3, 0.4) is 0 Å². The molecule has 0 saturated carbocycles. The van der Waals surface area contributed by atoms with E-state index >= 15 is 0 Å². The summed E-state index contributed by atoms with van der Waals surface area (Å²) >= 11 is 0. The molecule has 0 aliphatic carbocycles. The van der Waals surface area contributed by atoms with E-state index in [4.69, 9.17) is 0 Å². The molecule has 0 spiro atoms. The van der Waals surface area contributed by atoms with E-state index < -0.39 is 5.82 Å². The number of hydrogen-bond donors (Lipinski definition) is 0. The first-order valence-electron chi connectivity index (χ1n) is 9.26. The molecule has 2 aromatic carbocycles. The fraction of sp³-hybridized carbons (Fsp3) is 0.217. The number of fused-ring (bicyclic) bond motifs is 1. The average molecular weight is 360 g/mol. The molecule has 3 aromatic rings. The minimum absolute atomic E-state index is 0.0254. The van der Waals surface area contributed by atoms with Crippen LogP contribution in [0.15, 0.2) is 67.0 Å². The van der Waals surface area contributed by atoms with Gasteiger partial charge in [0.25, 0.3) is 0 Å². The molecular weight excluding hydrogens is 339 g/mol. The number of carbonyl (C=O) groups is 1. The highest BCUT2D eigenvalue weighted by Gasteiger charge is 2.27. The first kappa shape index (κ1) is 17.4. The number of halogens is 1. The third kappa shape index (κ3) is 4.05. The van der Waals surface area contributed by atoms with Crippen LogP contribution in [0.2, 0.25) is 0 Å². The molecule has 3 nitrogen and oxygen atoms in total. The number of aromatic nitrogens is 1. The highest BCUT2D eigenvalue weighted by molar-refractivity contribution is 5.92. The molecule has 1 unspecified atom stereocenters. The van der Waals surface area contributed by atoms with Crippen molar-refractivity contribution in [1.82, 2.24) is 9.88 Å². The van der Waals surface area contributed by atoms with E-state index in [0.29, 0.717) is 5.56 Å². The fourth-order valence-electron chi connectivity index (χ4n) is 3.76. The summed E-state index contributed by atoms with van der Waals surface area (Å²) in [6, 6.07) is 16.4. The molecule has 0 radical (unpaired) electrons. The van der Waals surface area contributed by atoms with Crippen LogP contribution in [0.5, 0.6) is 0 Å². The lowest BCUT2D eigenvalue weighted by Gasteiger charge is -2.23. The molecular formula is C23H21FN2O. The lowest BCUT2D eigenvalue weighted by molar-refractivity contribution is -0.126. The van der Waals surface area contributed by atoms with Crippen molar-refractivity contribution in [1.29, 1.82) is 0 Å². The molecule has 2 heterocycles. The van der Waals surface area contributed by atoms with Gasteiger partial charge in [0, 0.05) is 24.9 Å². The minimum Gasteiger partial charge on any atom is -0.336 e. The molecule has 4 rings (SSSR count). The van der Waals surface area contributed by atoms with Gasteiger partial charge in [-0.2, -0.15) is 0 Å².